The van der Waals surface area contributed by atoms with Crippen molar-refractivity contribution in [1.82, 2.24) is 15.5 Å². The van der Waals surface area contributed by atoms with Gasteiger partial charge in [0.05, 0.1) is 6.61 Å². The van der Waals surface area contributed by atoms with E-state index < -0.39 is 0 Å². The molecule has 0 aliphatic heterocycles. The summed E-state index contributed by atoms with van der Waals surface area (Å²) in [7, 11) is 3.97. The van der Waals surface area contributed by atoms with Gasteiger partial charge in [0.25, 0.3) is 0 Å². The highest BCUT2D eigenvalue weighted by Gasteiger charge is 2.41. The Morgan fingerprint density at radius 3 is 2.90 bits per heavy atom. The van der Waals surface area contributed by atoms with Crippen molar-refractivity contribution in [3.8, 4) is 0 Å². The Morgan fingerprint density at radius 1 is 1.48 bits per heavy atom. The molecule has 0 bridgehead atoms. The third-order valence-corrected chi connectivity index (χ3v) is 6.50. The molecule has 2 rings (SSSR count). The molecule has 1 saturated carbocycles. The number of nitrogens with one attached hydrogen (secondary N) is 1. The van der Waals surface area contributed by atoms with E-state index in [1.807, 2.05) is 19.0 Å². The van der Waals surface area contributed by atoms with Gasteiger partial charge in [-0.2, -0.15) is 0 Å². The minimum Gasteiger partial charge on any atom is -0.394 e. The Hall–Kier alpha value is -0.370. The average molecular weight is 331 g/mol. The molecule has 0 spiro atoms. The van der Waals surface area contributed by atoms with Crippen molar-refractivity contribution in [2.24, 2.45) is 5.92 Å². The molecule has 2 unspecified atom stereocenters. The summed E-state index contributed by atoms with van der Waals surface area (Å²) in [5.74, 6) is 1.61. The van der Waals surface area contributed by atoms with E-state index in [1.165, 1.54) is 12.8 Å². The minimum atomic E-state index is -0.0504. The van der Waals surface area contributed by atoms with Gasteiger partial charge in [0.15, 0.2) is 4.34 Å². The molecule has 1 aliphatic carbocycles. The van der Waals surface area contributed by atoms with E-state index in [4.69, 9.17) is 0 Å². The van der Waals surface area contributed by atoms with Crippen LogP contribution in [0.25, 0.3) is 0 Å². The van der Waals surface area contributed by atoms with Gasteiger partial charge in [-0.3, -0.25) is 0 Å². The normalized spacial score (nSPS) is 25.4. The Kier molecular flexibility index (Phi) is 6.28. The summed E-state index contributed by atoms with van der Waals surface area (Å²) in [6.07, 6.45) is 4.64. The largest absolute Gasteiger partial charge is 0.394 e. The van der Waals surface area contributed by atoms with Gasteiger partial charge in [0, 0.05) is 25.4 Å². The monoisotopic (exact) mass is 330 g/mol. The Balaban J connectivity index is 1.84. The number of thioether (sulfide) groups is 1. The molecule has 5 nitrogen and oxygen atoms in total. The average Bonchev–Trinajstić information content (AvgIpc) is 3.08. The van der Waals surface area contributed by atoms with Gasteiger partial charge in [0.1, 0.15) is 0 Å². The zero-order valence-electron chi connectivity index (χ0n) is 13.1. The second kappa shape index (κ2) is 7.76. The van der Waals surface area contributed by atoms with E-state index in [0.717, 1.165) is 34.6 Å². The zero-order valence-corrected chi connectivity index (χ0v) is 14.8. The number of hydrogen-bond donors (Lipinski definition) is 2. The maximum Gasteiger partial charge on any atom is 0.208 e. The molecule has 0 aromatic carbocycles. The molecule has 1 aromatic heterocycles. The van der Waals surface area contributed by atoms with Crippen LogP contribution in [0.15, 0.2) is 4.34 Å². The smallest absolute Gasteiger partial charge is 0.208 e. The van der Waals surface area contributed by atoms with Gasteiger partial charge in [0.2, 0.25) is 5.13 Å². The third kappa shape index (κ3) is 4.09. The molecular weight excluding hydrogens is 304 g/mol. The number of likely N-dealkylation sites (N-methyl/N-ethyl adjacent to an activating group) is 1. The first kappa shape index (κ1) is 17.0. The maximum atomic E-state index is 9.80. The molecule has 120 valence electrons. The van der Waals surface area contributed by atoms with Crippen molar-refractivity contribution in [3.05, 3.63) is 0 Å². The molecule has 1 heterocycles. The van der Waals surface area contributed by atoms with Crippen LogP contribution in [-0.4, -0.2) is 53.8 Å². The Labute approximate surface area is 135 Å². The molecular formula is C14H26N4OS2. The van der Waals surface area contributed by atoms with Gasteiger partial charge in [-0.25, -0.2) is 0 Å². The van der Waals surface area contributed by atoms with Crippen LogP contribution in [-0.2, 0) is 0 Å². The van der Waals surface area contributed by atoms with Crippen molar-refractivity contribution in [3.63, 3.8) is 0 Å². The molecule has 0 saturated heterocycles. The van der Waals surface area contributed by atoms with E-state index >= 15 is 0 Å². The Bertz CT molecular complexity index is 440. The summed E-state index contributed by atoms with van der Waals surface area (Å²) in [5, 5.41) is 22.7. The molecule has 7 heteroatoms. The van der Waals surface area contributed by atoms with Gasteiger partial charge in [-0.1, -0.05) is 36.4 Å². The molecule has 0 amide bonds. The van der Waals surface area contributed by atoms with Crippen LogP contribution >= 0.6 is 23.1 Å². The second-order valence-electron chi connectivity index (χ2n) is 5.82. The molecule has 1 aliphatic rings. The van der Waals surface area contributed by atoms with E-state index in [9.17, 15) is 5.11 Å². The van der Waals surface area contributed by atoms with Crippen molar-refractivity contribution < 1.29 is 5.11 Å². The van der Waals surface area contributed by atoms with Crippen LogP contribution < -0.4 is 10.2 Å². The quantitative estimate of drug-likeness (QED) is 0.713. The highest BCUT2D eigenvalue weighted by molar-refractivity contribution is 8.01. The number of aliphatic hydroxyl groups is 1. The van der Waals surface area contributed by atoms with E-state index in [0.29, 0.717) is 5.92 Å². The summed E-state index contributed by atoms with van der Waals surface area (Å²) in [5.41, 5.74) is -0.0504. The first-order valence-corrected chi connectivity index (χ1v) is 9.41. The predicted molar refractivity (Wildman–Crippen MR) is 90.4 cm³/mol. The van der Waals surface area contributed by atoms with Crippen LogP contribution in [0.1, 0.15) is 32.6 Å². The lowest BCUT2D eigenvalue weighted by molar-refractivity contribution is 0.124. The SMILES string of the molecule is CCNC1(CO)CCCC1CCSc1nnc(N(C)C)s1. The van der Waals surface area contributed by atoms with Gasteiger partial charge in [-0.15, -0.1) is 10.2 Å². The van der Waals surface area contributed by atoms with Gasteiger partial charge in [-0.05, 0) is 31.7 Å². The fraction of sp³-hybridized carbons (Fsp3) is 0.857. The molecule has 2 atom stereocenters. The Morgan fingerprint density at radius 2 is 2.29 bits per heavy atom. The van der Waals surface area contributed by atoms with Gasteiger partial charge >= 0.3 is 0 Å². The van der Waals surface area contributed by atoms with E-state index in [2.05, 4.69) is 22.4 Å². The second-order valence-corrected chi connectivity index (χ2v) is 8.11. The molecule has 0 radical (unpaired) electrons. The lowest BCUT2D eigenvalue weighted by atomic mass is 9.86. The van der Waals surface area contributed by atoms with Crippen molar-refractivity contribution in [2.75, 3.05) is 37.9 Å². The standard InChI is InChI=1S/C14H26N4OS2/c1-4-15-14(10-19)8-5-6-11(14)7-9-20-13-17-16-12(21-13)18(2)3/h11,15,19H,4-10H2,1-3H3. The summed E-state index contributed by atoms with van der Waals surface area (Å²) < 4.78 is 1.04. The van der Waals surface area contributed by atoms with Crippen molar-refractivity contribution in [2.45, 2.75) is 42.5 Å². The van der Waals surface area contributed by atoms with Crippen LogP contribution in [0.2, 0.25) is 0 Å². The topological polar surface area (TPSA) is 61.3 Å². The summed E-state index contributed by atoms with van der Waals surface area (Å²) >= 11 is 3.42. The number of aliphatic hydroxyl groups excluding tert-OH is 1. The predicted octanol–water partition coefficient (Wildman–Crippen LogP) is 2.23. The number of rotatable bonds is 8. The molecule has 1 aromatic rings. The van der Waals surface area contributed by atoms with Crippen LogP contribution in [0.4, 0.5) is 5.13 Å². The van der Waals surface area contributed by atoms with Gasteiger partial charge < -0.3 is 15.3 Å². The highest BCUT2D eigenvalue weighted by Crippen LogP contribution is 2.39. The number of aromatic nitrogens is 2. The van der Waals surface area contributed by atoms with Crippen LogP contribution in [0.3, 0.4) is 0 Å². The van der Waals surface area contributed by atoms with E-state index in [-0.39, 0.29) is 12.1 Å². The lowest BCUT2D eigenvalue weighted by Crippen LogP contribution is -2.51. The van der Waals surface area contributed by atoms with Crippen molar-refractivity contribution >= 4 is 28.2 Å². The van der Waals surface area contributed by atoms with E-state index in [1.54, 1.807) is 23.1 Å². The first-order chi connectivity index (χ1) is 10.1. The third-order valence-electron chi connectivity index (χ3n) is 4.24. The highest BCUT2D eigenvalue weighted by atomic mass is 32.2. The van der Waals surface area contributed by atoms with Crippen molar-refractivity contribution in [1.29, 1.82) is 0 Å². The lowest BCUT2D eigenvalue weighted by Gasteiger charge is -2.34. The molecule has 2 N–H and O–H groups in total. The maximum absolute atomic E-state index is 9.80. The fourth-order valence-electron chi connectivity index (χ4n) is 3.14. The summed E-state index contributed by atoms with van der Waals surface area (Å²) in [6, 6.07) is 0. The number of hydrogen-bond acceptors (Lipinski definition) is 7. The number of nitrogens with zero attached hydrogens (tertiary/aromatic N) is 3. The number of anilines is 1. The van der Waals surface area contributed by atoms with Crippen LogP contribution in [0.5, 0.6) is 0 Å². The zero-order chi connectivity index (χ0) is 15.3. The summed E-state index contributed by atoms with van der Waals surface area (Å²) in [4.78, 5) is 1.99. The first-order valence-electron chi connectivity index (χ1n) is 7.61. The summed E-state index contributed by atoms with van der Waals surface area (Å²) in [6.45, 7) is 3.29. The minimum absolute atomic E-state index is 0.0504. The van der Waals surface area contributed by atoms with Crippen LogP contribution in [0, 0.1) is 5.92 Å². The fourth-order valence-corrected chi connectivity index (χ4v) is 5.03. The molecule has 1 fully saturated rings. The molecule has 21 heavy (non-hydrogen) atoms.